The van der Waals surface area contributed by atoms with E-state index >= 15 is 0 Å². The minimum Gasteiger partial charge on any atom is -0.345 e. The number of amides is 2. The summed E-state index contributed by atoms with van der Waals surface area (Å²) >= 11 is 3.35. The maximum atomic E-state index is 11.8. The highest BCUT2D eigenvalue weighted by Crippen LogP contribution is 2.17. The molecule has 1 aliphatic carbocycles. The third-order valence-corrected chi connectivity index (χ3v) is 4.04. The molecule has 2 N–H and O–H groups in total. The lowest BCUT2D eigenvalue weighted by atomic mass is 9.95. The van der Waals surface area contributed by atoms with Gasteiger partial charge in [-0.2, -0.15) is 0 Å². The van der Waals surface area contributed by atoms with Crippen molar-refractivity contribution in [2.24, 2.45) is 0 Å². The SMILES string of the molecule is O=C(NCc1ccc(Br)cc1)C(=O)NC1CCCCC1. The third-order valence-electron chi connectivity index (χ3n) is 3.51. The monoisotopic (exact) mass is 338 g/mol. The van der Waals surface area contributed by atoms with Crippen LogP contribution >= 0.6 is 15.9 Å². The highest BCUT2D eigenvalue weighted by Gasteiger charge is 2.19. The molecule has 20 heavy (non-hydrogen) atoms. The average Bonchev–Trinajstić information content (AvgIpc) is 2.47. The van der Waals surface area contributed by atoms with Gasteiger partial charge in [0.25, 0.3) is 0 Å². The van der Waals surface area contributed by atoms with E-state index in [4.69, 9.17) is 0 Å². The van der Waals surface area contributed by atoms with E-state index in [1.807, 2.05) is 24.3 Å². The molecule has 1 aromatic carbocycles. The van der Waals surface area contributed by atoms with Crippen molar-refractivity contribution in [1.29, 1.82) is 0 Å². The predicted molar refractivity (Wildman–Crippen MR) is 81.0 cm³/mol. The summed E-state index contributed by atoms with van der Waals surface area (Å²) in [5.41, 5.74) is 0.965. The minimum atomic E-state index is -0.557. The van der Waals surface area contributed by atoms with Gasteiger partial charge in [-0.25, -0.2) is 0 Å². The number of hydrogen-bond acceptors (Lipinski definition) is 2. The lowest BCUT2D eigenvalue weighted by Gasteiger charge is -2.22. The summed E-state index contributed by atoms with van der Waals surface area (Å²) in [6, 6.07) is 7.79. The largest absolute Gasteiger partial charge is 0.345 e. The number of carbonyl (C=O) groups excluding carboxylic acids is 2. The van der Waals surface area contributed by atoms with Crippen molar-refractivity contribution >= 4 is 27.7 Å². The van der Waals surface area contributed by atoms with Gasteiger partial charge in [-0.05, 0) is 30.5 Å². The maximum Gasteiger partial charge on any atom is 0.309 e. The second-order valence-electron chi connectivity index (χ2n) is 5.12. The van der Waals surface area contributed by atoms with Gasteiger partial charge < -0.3 is 10.6 Å². The summed E-state index contributed by atoms with van der Waals surface area (Å²) in [4.78, 5) is 23.5. The highest BCUT2D eigenvalue weighted by molar-refractivity contribution is 9.10. The zero-order valence-electron chi connectivity index (χ0n) is 11.3. The van der Waals surface area contributed by atoms with E-state index in [0.717, 1.165) is 35.7 Å². The van der Waals surface area contributed by atoms with Gasteiger partial charge in [0.05, 0.1) is 0 Å². The fourth-order valence-corrected chi connectivity index (χ4v) is 2.63. The van der Waals surface area contributed by atoms with Gasteiger partial charge >= 0.3 is 11.8 Å². The molecule has 0 atom stereocenters. The second kappa shape index (κ2) is 7.43. The molecule has 1 saturated carbocycles. The number of halogens is 1. The Labute approximate surface area is 127 Å². The lowest BCUT2D eigenvalue weighted by molar-refractivity contribution is -0.139. The standard InChI is InChI=1S/C15H19BrN2O2/c16-12-8-6-11(7-9-12)10-17-14(19)15(20)18-13-4-2-1-3-5-13/h6-9,13H,1-5,10H2,(H,17,19)(H,18,20). The number of hydrogen-bond donors (Lipinski definition) is 2. The Hall–Kier alpha value is -1.36. The van der Waals surface area contributed by atoms with Gasteiger partial charge in [0.15, 0.2) is 0 Å². The molecular weight excluding hydrogens is 320 g/mol. The fraction of sp³-hybridized carbons (Fsp3) is 0.467. The predicted octanol–water partition coefficient (Wildman–Crippen LogP) is 2.51. The van der Waals surface area contributed by atoms with E-state index in [9.17, 15) is 9.59 Å². The highest BCUT2D eigenvalue weighted by atomic mass is 79.9. The van der Waals surface area contributed by atoms with Crippen molar-refractivity contribution in [2.45, 2.75) is 44.7 Å². The first-order chi connectivity index (χ1) is 9.65. The molecule has 5 heteroatoms. The van der Waals surface area contributed by atoms with Crippen LogP contribution in [0, 0.1) is 0 Å². The molecule has 1 aromatic rings. The van der Waals surface area contributed by atoms with E-state index in [2.05, 4.69) is 26.6 Å². The smallest absolute Gasteiger partial charge is 0.309 e. The number of benzene rings is 1. The quantitative estimate of drug-likeness (QED) is 0.832. The van der Waals surface area contributed by atoms with Gasteiger partial charge in [0.2, 0.25) is 0 Å². The molecule has 4 nitrogen and oxygen atoms in total. The van der Waals surface area contributed by atoms with E-state index in [1.54, 1.807) is 0 Å². The number of nitrogens with one attached hydrogen (secondary N) is 2. The van der Waals surface area contributed by atoms with Crippen LogP contribution in [-0.4, -0.2) is 17.9 Å². The molecule has 0 saturated heterocycles. The molecule has 0 aromatic heterocycles. The third kappa shape index (κ3) is 4.63. The summed E-state index contributed by atoms with van der Waals surface area (Å²) in [6.07, 6.45) is 5.44. The van der Waals surface area contributed by atoms with Crippen LogP contribution in [0.3, 0.4) is 0 Å². The van der Waals surface area contributed by atoms with Gasteiger partial charge in [-0.3, -0.25) is 9.59 Å². The molecule has 1 fully saturated rings. The Morgan fingerprint density at radius 1 is 1.05 bits per heavy atom. The van der Waals surface area contributed by atoms with E-state index in [1.165, 1.54) is 6.42 Å². The van der Waals surface area contributed by atoms with Crippen molar-refractivity contribution in [3.63, 3.8) is 0 Å². The number of rotatable bonds is 3. The van der Waals surface area contributed by atoms with Crippen LogP contribution in [0.15, 0.2) is 28.7 Å². The van der Waals surface area contributed by atoms with Gasteiger partial charge in [-0.1, -0.05) is 47.3 Å². The zero-order valence-corrected chi connectivity index (χ0v) is 12.9. The number of carbonyl (C=O) groups is 2. The first-order valence-electron chi connectivity index (χ1n) is 6.98. The lowest BCUT2D eigenvalue weighted by Crippen LogP contribution is -2.45. The average molecular weight is 339 g/mol. The molecule has 2 amide bonds. The second-order valence-corrected chi connectivity index (χ2v) is 6.03. The van der Waals surface area contributed by atoms with Crippen molar-refractivity contribution in [2.75, 3.05) is 0 Å². The van der Waals surface area contributed by atoms with E-state index < -0.39 is 11.8 Å². The van der Waals surface area contributed by atoms with Gasteiger partial charge in [-0.15, -0.1) is 0 Å². The van der Waals surface area contributed by atoms with Crippen molar-refractivity contribution < 1.29 is 9.59 Å². The molecular formula is C15H19BrN2O2. The molecule has 0 bridgehead atoms. The topological polar surface area (TPSA) is 58.2 Å². The summed E-state index contributed by atoms with van der Waals surface area (Å²) in [7, 11) is 0. The van der Waals surface area contributed by atoms with Crippen LogP contribution in [0.1, 0.15) is 37.7 Å². The van der Waals surface area contributed by atoms with Crippen LogP contribution in [0.25, 0.3) is 0 Å². The molecule has 1 aliphatic rings. The van der Waals surface area contributed by atoms with Crippen LogP contribution in [0.4, 0.5) is 0 Å². The molecule has 2 rings (SSSR count). The van der Waals surface area contributed by atoms with Crippen LogP contribution in [0.5, 0.6) is 0 Å². The summed E-state index contributed by atoms with van der Waals surface area (Å²) in [6.45, 7) is 0.365. The van der Waals surface area contributed by atoms with Crippen molar-refractivity contribution in [3.8, 4) is 0 Å². The molecule has 0 heterocycles. The normalized spacial score (nSPS) is 15.7. The van der Waals surface area contributed by atoms with Crippen LogP contribution in [0.2, 0.25) is 0 Å². The fourth-order valence-electron chi connectivity index (χ4n) is 2.36. The Balaban J connectivity index is 1.76. The molecule has 0 radical (unpaired) electrons. The van der Waals surface area contributed by atoms with Crippen LogP contribution in [-0.2, 0) is 16.1 Å². The Kier molecular flexibility index (Phi) is 5.59. The van der Waals surface area contributed by atoms with Gasteiger partial charge in [0, 0.05) is 17.1 Å². The summed E-state index contributed by atoms with van der Waals surface area (Å²) < 4.78 is 0.989. The first kappa shape index (κ1) is 15.0. The Bertz CT molecular complexity index is 467. The summed E-state index contributed by atoms with van der Waals surface area (Å²) in [5, 5.41) is 5.45. The molecule has 0 aliphatic heterocycles. The molecule has 0 spiro atoms. The zero-order chi connectivity index (χ0) is 14.4. The minimum absolute atomic E-state index is 0.162. The van der Waals surface area contributed by atoms with Crippen molar-refractivity contribution in [1.82, 2.24) is 10.6 Å². The van der Waals surface area contributed by atoms with Crippen molar-refractivity contribution in [3.05, 3.63) is 34.3 Å². The Morgan fingerprint density at radius 2 is 1.70 bits per heavy atom. The van der Waals surface area contributed by atoms with Crippen LogP contribution < -0.4 is 10.6 Å². The first-order valence-corrected chi connectivity index (χ1v) is 7.77. The maximum absolute atomic E-state index is 11.8. The molecule has 108 valence electrons. The molecule has 0 unspecified atom stereocenters. The summed E-state index contributed by atoms with van der Waals surface area (Å²) in [5.74, 6) is -1.08. The van der Waals surface area contributed by atoms with Gasteiger partial charge in [0.1, 0.15) is 0 Å². The van der Waals surface area contributed by atoms with E-state index in [0.29, 0.717) is 6.54 Å². The van der Waals surface area contributed by atoms with E-state index in [-0.39, 0.29) is 6.04 Å². The Morgan fingerprint density at radius 3 is 2.35 bits per heavy atom.